The molecule has 156 valence electrons. The molecule has 0 aliphatic heterocycles. The van der Waals surface area contributed by atoms with E-state index >= 15 is 0 Å². The van der Waals surface area contributed by atoms with Gasteiger partial charge in [-0.1, -0.05) is 30.3 Å². The van der Waals surface area contributed by atoms with Gasteiger partial charge in [0.1, 0.15) is 5.75 Å². The van der Waals surface area contributed by atoms with Gasteiger partial charge in [0.25, 0.3) is 5.91 Å². The first-order valence-electron chi connectivity index (χ1n) is 9.97. The van der Waals surface area contributed by atoms with Crippen molar-refractivity contribution in [2.45, 2.75) is 20.4 Å². The topological polar surface area (TPSA) is 77.2 Å². The molecule has 6 heteroatoms. The van der Waals surface area contributed by atoms with Crippen molar-refractivity contribution in [1.82, 2.24) is 15.5 Å². The van der Waals surface area contributed by atoms with Gasteiger partial charge in [0.05, 0.1) is 7.11 Å². The van der Waals surface area contributed by atoms with Crippen LogP contribution in [-0.4, -0.2) is 23.2 Å². The molecule has 6 nitrogen and oxygen atoms in total. The lowest BCUT2D eigenvalue weighted by Crippen LogP contribution is -2.22. The third-order valence-electron chi connectivity index (χ3n) is 5.12. The van der Waals surface area contributed by atoms with E-state index in [1.807, 2.05) is 56.3 Å². The van der Waals surface area contributed by atoms with E-state index in [0.29, 0.717) is 23.9 Å². The van der Waals surface area contributed by atoms with Crippen molar-refractivity contribution in [3.8, 4) is 28.7 Å². The zero-order valence-electron chi connectivity index (χ0n) is 17.7. The highest BCUT2D eigenvalue weighted by Gasteiger charge is 2.13. The zero-order valence-corrected chi connectivity index (χ0v) is 17.7. The molecule has 0 bridgehead atoms. The number of aryl methyl sites for hydroxylation is 2. The summed E-state index contributed by atoms with van der Waals surface area (Å²) in [5, 5.41) is 11.2. The van der Waals surface area contributed by atoms with Crippen molar-refractivity contribution < 1.29 is 13.9 Å². The van der Waals surface area contributed by atoms with Crippen LogP contribution in [0.4, 0.5) is 0 Å². The third-order valence-corrected chi connectivity index (χ3v) is 5.12. The van der Waals surface area contributed by atoms with E-state index in [0.717, 1.165) is 33.6 Å². The summed E-state index contributed by atoms with van der Waals surface area (Å²) in [6.45, 7) is 4.40. The second kappa shape index (κ2) is 8.83. The minimum Gasteiger partial charge on any atom is -0.496 e. The van der Waals surface area contributed by atoms with E-state index in [1.54, 1.807) is 31.4 Å². The molecular formula is C25H23N3O3. The van der Waals surface area contributed by atoms with Crippen molar-refractivity contribution in [2.24, 2.45) is 0 Å². The molecule has 31 heavy (non-hydrogen) atoms. The number of aromatic nitrogens is 2. The summed E-state index contributed by atoms with van der Waals surface area (Å²) >= 11 is 0. The largest absolute Gasteiger partial charge is 0.496 e. The van der Waals surface area contributed by atoms with Crippen molar-refractivity contribution in [2.75, 3.05) is 7.11 Å². The highest BCUT2D eigenvalue weighted by atomic mass is 16.5. The van der Waals surface area contributed by atoms with Crippen LogP contribution in [0, 0.1) is 13.8 Å². The molecule has 4 rings (SSSR count). The van der Waals surface area contributed by atoms with Crippen LogP contribution in [0.3, 0.4) is 0 Å². The van der Waals surface area contributed by atoms with E-state index in [-0.39, 0.29) is 5.91 Å². The second-order valence-corrected chi connectivity index (χ2v) is 7.29. The molecule has 1 amide bonds. The molecule has 0 radical (unpaired) electrons. The van der Waals surface area contributed by atoms with Gasteiger partial charge in [0.2, 0.25) is 11.8 Å². The van der Waals surface area contributed by atoms with Crippen molar-refractivity contribution in [3.05, 3.63) is 89.0 Å². The maximum Gasteiger partial charge on any atom is 0.251 e. The Hall–Kier alpha value is -3.93. The first-order chi connectivity index (χ1) is 15.0. The van der Waals surface area contributed by atoms with Gasteiger partial charge in [-0.2, -0.15) is 0 Å². The number of rotatable bonds is 6. The molecule has 0 aliphatic carbocycles. The summed E-state index contributed by atoms with van der Waals surface area (Å²) in [6.07, 6.45) is 0. The number of carbonyl (C=O) groups excluding carboxylic acids is 1. The molecule has 0 aliphatic rings. The van der Waals surface area contributed by atoms with Gasteiger partial charge in [-0.15, -0.1) is 10.2 Å². The Morgan fingerprint density at radius 3 is 2.42 bits per heavy atom. The van der Waals surface area contributed by atoms with Gasteiger partial charge in [0.15, 0.2) is 0 Å². The summed E-state index contributed by atoms with van der Waals surface area (Å²) in [5.41, 5.74) is 5.32. The molecule has 3 aromatic carbocycles. The monoisotopic (exact) mass is 413 g/mol. The normalized spacial score (nSPS) is 10.7. The Labute approximate surface area is 180 Å². The van der Waals surface area contributed by atoms with Crippen LogP contribution in [0.15, 0.2) is 71.1 Å². The van der Waals surface area contributed by atoms with Gasteiger partial charge in [0, 0.05) is 23.2 Å². The molecule has 1 aromatic heterocycles. The fourth-order valence-corrected chi connectivity index (χ4v) is 3.28. The summed E-state index contributed by atoms with van der Waals surface area (Å²) in [6, 6.07) is 20.8. The summed E-state index contributed by atoms with van der Waals surface area (Å²) in [5.74, 6) is 1.54. The van der Waals surface area contributed by atoms with Crippen LogP contribution in [0.1, 0.15) is 27.0 Å². The smallest absolute Gasteiger partial charge is 0.251 e. The van der Waals surface area contributed by atoms with Crippen LogP contribution in [0.2, 0.25) is 0 Å². The molecular weight excluding hydrogens is 390 g/mol. The molecule has 1 N–H and O–H groups in total. The van der Waals surface area contributed by atoms with Crippen molar-refractivity contribution >= 4 is 5.91 Å². The molecule has 0 saturated heterocycles. The number of benzene rings is 3. The minimum absolute atomic E-state index is 0.155. The van der Waals surface area contributed by atoms with Gasteiger partial charge in [-0.05, 0) is 66.9 Å². The summed E-state index contributed by atoms with van der Waals surface area (Å²) < 4.78 is 11.2. The number of nitrogens with one attached hydrogen (secondary N) is 1. The highest BCUT2D eigenvalue weighted by molar-refractivity contribution is 5.94. The molecule has 0 fully saturated rings. The van der Waals surface area contributed by atoms with Gasteiger partial charge < -0.3 is 14.5 Å². The minimum atomic E-state index is -0.155. The Bertz CT molecular complexity index is 1210. The number of methoxy groups -OCH3 is 1. The number of nitrogens with zero attached hydrogens (tertiary/aromatic N) is 2. The van der Waals surface area contributed by atoms with E-state index in [9.17, 15) is 4.79 Å². The Morgan fingerprint density at radius 1 is 0.935 bits per heavy atom. The molecule has 0 spiro atoms. The van der Waals surface area contributed by atoms with Crippen molar-refractivity contribution in [1.29, 1.82) is 0 Å². The average Bonchev–Trinajstić information content (AvgIpc) is 3.29. The fraction of sp³-hybridized carbons (Fsp3) is 0.160. The maximum absolute atomic E-state index is 12.5. The average molecular weight is 413 g/mol. The van der Waals surface area contributed by atoms with Gasteiger partial charge >= 0.3 is 0 Å². The Kier molecular flexibility index (Phi) is 5.80. The number of ether oxygens (including phenoxy) is 1. The SMILES string of the molecule is COc1cc(CNC(=O)c2ccc(-c3nnc(-c4ccccc4C)o3)cc2)ccc1C. The molecule has 0 unspecified atom stereocenters. The van der Waals surface area contributed by atoms with E-state index in [1.165, 1.54) is 0 Å². The van der Waals surface area contributed by atoms with Crippen LogP contribution >= 0.6 is 0 Å². The van der Waals surface area contributed by atoms with E-state index in [4.69, 9.17) is 9.15 Å². The Balaban J connectivity index is 1.43. The lowest BCUT2D eigenvalue weighted by atomic mass is 10.1. The predicted octanol–water partition coefficient (Wildman–Crippen LogP) is 4.96. The Morgan fingerprint density at radius 2 is 1.68 bits per heavy atom. The van der Waals surface area contributed by atoms with Crippen LogP contribution in [0.25, 0.3) is 22.9 Å². The molecule has 4 aromatic rings. The second-order valence-electron chi connectivity index (χ2n) is 7.29. The molecule has 0 saturated carbocycles. The van der Waals surface area contributed by atoms with E-state index < -0.39 is 0 Å². The summed E-state index contributed by atoms with van der Waals surface area (Å²) in [4.78, 5) is 12.5. The van der Waals surface area contributed by atoms with Gasteiger partial charge in [-0.25, -0.2) is 0 Å². The first kappa shape index (κ1) is 20.3. The molecule has 1 heterocycles. The van der Waals surface area contributed by atoms with E-state index in [2.05, 4.69) is 15.5 Å². The van der Waals surface area contributed by atoms with Crippen LogP contribution in [-0.2, 0) is 6.54 Å². The van der Waals surface area contributed by atoms with Gasteiger partial charge in [-0.3, -0.25) is 4.79 Å². The van der Waals surface area contributed by atoms with Crippen molar-refractivity contribution in [3.63, 3.8) is 0 Å². The van der Waals surface area contributed by atoms with Crippen LogP contribution < -0.4 is 10.1 Å². The quantitative estimate of drug-likeness (QED) is 0.483. The standard InChI is InChI=1S/C25H23N3O3/c1-16-6-4-5-7-21(16)25-28-27-24(31-25)20-12-10-19(11-13-20)23(29)26-15-18-9-8-17(2)22(14-18)30-3/h4-14H,15H2,1-3H3,(H,26,29). The number of carbonyl (C=O) groups is 1. The highest BCUT2D eigenvalue weighted by Crippen LogP contribution is 2.26. The third kappa shape index (κ3) is 4.48. The number of amides is 1. The zero-order chi connectivity index (χ0) is 21.8. The number of hydrogen-bond donors (Lipinski definition) is 1. The lowest BCUT2D eigenvalue weighted by molar-refractivity contribution is 0.0951. The maximum atomic E-state index is 12.5. The first-order valence-corrected chi connectivity index (χ1v) is 9.97. The lowest BCUT2D eigenvalue weighted by Gasteiger charge is -2.09. The fourth-order valence-electron chi connectivity index (χ4n) is 3.28. The predicted molar refractivity (Wildman–Crippen MR) is 119 cm³/mol. The number of hydrogen-bond acceptors (Lipinski definition) is 5. The summed E-state index contributed by atoms with van der Waals surface area (Å²) in [7, 11) is 1.64. The molecule has 0 atom stereocenters. The van der Waals surface area contributed by atoms with Crippen LogP contribution in [0.5, 0.6) is 5.75 Å².